The molecule has 0 heterocycles. The van der Waals surface area contributed by atoms with Gasteiger partial charge in [0.05, 0.1) is 4.90 Å². The van der Waals surface area contributed by atoms with E-state index in [4.69, 9.17) is 5.73 Å². The van der Waals surface area contributed by atoms with Crippen LogP contribution in [-0.2, 0) is 10.0 Å². The quantitative estimate of drug-likeness (QED) is 0.823. The standard InChI is InChI=1S/C12H18N2O2S/c1-9-4-2-3-5-12(9)17(15,16)14-11(8-13)10-6-7-10/h2-5,10-11,14H,6-8,13H2,1H3. The Hall–Kier alpha value is -0.910. The lowest BCUT2D eigenvalue weighted by Gasteiger charge is -2.17. The Labute approximate surface area is 102 Å². The summed E-state index contributed by atoms with van der Waals surface area (Å²) in [4.78, 5) is 0.346. The highest BCUT2D eigenvalue weighted by Crippen LogP contribution is 2.33. The van der Waals surface area contributed by atoms with Crippen LogP contribution in [0, 0.1) is 12.8 Å². The molecule has 1 aromatic rings. The molecule has 2 rings (SSSR count). The lowest BCUT2D eigenvalue weighted by molar-refractivity contribution is 0.519. The Morgan fingerprint density at radius 1 is 1.41 bits per heavy atom. The van der Waals surface area contributed by atoms with Gasteiger partial charge in [-0.3, -0.25) is 0 Å². The Morgan fingerprint density at radius 2 is 2.06 bits per heavy atom. The topological polar surface area (TPSA) is 72.2 Å². The second-order valence-electron chi connectivity index (χ2n) is 4.57. The lowest BCUT2D eigenvalue weighted by Crippen LogP contribution is -2.41. The van der Waals surface area contributed by atoms with Gasteiger partial charge in [0.15, 0.2) is 0 Å². The van der Waals surface area contributed by atoms with Gasteiger partial charge in [0.2, 0.25) is 10.0 Å². The number of rotatable bonds is 5. The predicted octanol–water partition coefficient (Wildman–Crippen LogP) is 1.01. The minimum absolute atomic E-state index is 0.125. The van der Waals surface area contributed by atoms with Crippen molar-refractivity contribution >= 4 is 10.0 Å². The van der Waals surface area contributed by atoms with Crippen LogP contribution < -0.4 is 10.5 Å². The van der Waals surface area contributed by atoms with Crippen molar-refractivity contribution in [3.63, 3.8) is 0 Å². The molecule has 17 heavy (non-hydrogen) atoms. The highest BCUT2D eigenvalue weighted by atomic mass is 32.2. The normalized spacial score (nSPS) is 18.0. The molecule has 0 spiro atoms. The second kappa shape index (κ2) is 4.76. The average molecular weight is 254 g/mol. The molecule has 0 bridgehead atoms. The zero-order chi connectivity index (χ0) is 12.5. The van der Waals surface area contributed by atoms with Crippen LogP contribution in [0.3, 0.4) is 0 Å². The average Bonchev–Trinajstić information content (AvgIpc) is 3.10. The molecule has 1 aliphatic carbocycles. The maximum Gasteiger partial charge on any atom is 0.241 e. The molecule has 3 N–H and O–H groups in total. The van der Waals surface area contributed by atoms with Crippen LogP contribution in [0.5, 0.6) is 0 Å². The summed E-state index contributed by atoms with van der Waals surface area (Å²) >= 11 is 0. The summed E-state index contributed by atoms with van der Waals surface area (Å²) in [7, 11) is -3.44. The minimum Gasteiger partial charge on any atom is -0.329 e. The number of nitrogens with two attached hydrogens (primary N) is 1. The van der Waals surface area contributed by atoms with Gasteiger partial charge in [-0.1, -0.05) is 18.2 Å². The molecule has 1 aromatic carbocycles. The van der Waals surface area contributed by atoms with Crippen molar-refractivity contribution in [1.29, 1.82) is 0 Å². The SMILES string of the molecule is Cc1ccccc1S(=O)(=O)NC(CN)C1CC1. The summed E-state index contributed by atoms with van der Waals surface area (Å²) < 4.78 is 27.1. The van der Waals surface area contributed by atoms with Crippen molar-refractivity contribution in [2.75, 3.05) is 6.54 Å². The first-order valence-corrected chi connectivity index (χ1v) is 7.31. The summed E-state index contributed by atoms with van der Waals surface area (Å²) in [6.45, 7) is 2.15. The molecule has 5 heteroatoms. The molecule has 94 valence electrons. The van der Waals surface area contributed by atoms with Crippen molar-refractivity contribution in [1.82, 2.24) is 4.72 Å². The van der Waals surface area contributed by atoms with Crippen LogP contribution in [0.25, 0.3) is 0 Å². The lowest BCUT2D eigenvalue weighted by atomic mass is 10.2. The van der Waals surface area contributed by atoms with Gasteiger partial charge in [-0.25, -0.2) is 13.1 Å². The van der Waals surface area contributed by atoms with Gasteiger partial charge >= 0.3 is 0 Å². The Bertz CT molecular complexity index is 495. The van der Waals surface area contributed by atoms with Crippen LogP contribution in [0.4, 0.5) is 0 Å². The largest absolute Gasteiger partial charge is 0.329 e. The first-order valence-electron chi connectivity index (χ1n) is 5.82. The molecule has 0 amide bonds. The molecular weight excluding hydrogens is 236 g/mol. The highest BCUT2D eigenvalue weighted by molar-refractivity contribution is 7.89. The molecule has 1 atom stereocenters. The van der Waals surface area contributed by atoms with E-state index in [9.17, 15) is 8.42 Å². The van der Waals surface area contributed by atoms with Crippen molar-refractivity contribution < 1.29 is 8.42 Å². The minimum atomic E-state index is -3.44. The monoisotopic (exact) mass is 254 g/mol. The molecule has 0 radical (unpaired) electrons. The number of benzene rings is 1. The van der Waals surface area contributed by atoms with Crippen LogP contribution in [0.2, 0.25) is 0 Å². The number of sulfonamides is 1. The van der Waals surface area contributed by atoms with Gasteiger partial charge in [0.25, 0.3) is 0 Å². The fourth-order valence-corrected chi connectivity index (χ4v) is 3.52. The molecule has 0 saturated heterocycles. The second-order valence-corrected chi connectivity index (χ2v) is 6.25. The molecule has 1 aliphatic rings. The van der Waals surface area contributed by atoms with Crippen molar-refractivity contribution in [3.8, 4) is 0 Å². The van der Waals surface area contributed by atoms with E-state index in [1.54, 1.807) is 25.1 Å². The van der Waals surface area contributed by atoms with Gasteiger partial charge in [-0.15, -0.1) is 0 Å². The molecule has 1 fully saturated rings. The van der Waals surface area contributed by atoms with E-state index in [-0.39, 0.29) is 6.04 Å². The zero-order valence-electron chi connectivity index (χ0n) is 9.89. The van der Waals surface area contributed by atoms with Gasteiger partial charge in [0, 0.05) is 12.6 Å². The Kier molecular flexibility index (Phi) is 3.51. The summed E-state index contributed by atoms with van der Waals surface area (Å²) in [5.74, 6) is 0.416. The Balaban J connectivity index is 2.21. The summed E-state index contributed by atoms with van der Waals surface area (Å²) in [5, 5.41) is 0. The molecule has 0 aromatic heterocycles. The third-order valence-electron chi connectivity index (χ3n) is 3.13. The zero-order valence-corrected chi connectivity index (χ0v) is 10.7. The molecular formula is C12H18N2O2S. The molecule has 1 unspecified atom stereocenters. The fourth-order valence-electron chi connectivity index (χ4n) is 1.96. The number of nitrogens with one attached hydrogen (secondary N) is 1. The molecule has 4 nitrogen and oxygen atoms in total. The van der Waals surface area contributed by atoms with Crippen molar-refractivity contribution in [3.05, 3.63) is 29.8 Å². The van der Waals surface area contributed by atoms with Gasteiger partial charge in [-0.2, -0.15) is 0 Å². The van der Waals surface area contributed by atoms with Crippen LogP contribution in [0.15, 0.2) is 29.2 Å². The van der Waals surface area contributed by atoms with Crippen molar-refractivity contribution in [2.45, 2.75) is 30.7 Å². The molecule has 0 aliphatic heterocycles. The van der Waals surface area contributed by atoms with E-state index in [1.807, 2.05) is 6.07 Å². The summed E-state index contributed by atoms with van der Waals surface area (Å²) in [6, 6.07) is 6.85. The third-order valence-corrected chi connectivity index (χ3v) is 4.78. The number of hydrogen-bond acceptors (Lipinski definition) is 3. The van der Waals surface area contributed by atoms with Gasteiger partial charge in [0.1, 0.15) is 0 Å². The van der Waals surface area contributed by atoms with Crippen LogP contribution in [0.1, 0.15) is 18.4 Å². The maximum atomic E-state index is 12.2. The van der Waals surface area contributed by atoms with Crippen LogP contribution in [-0.4, -0.2) is 21.0 Å². The van der Waals surface area contributed by atoms with E-state index < -0.39 is 10.0 Å². The van der Waals surface area contributed by atoms with E-state index in [0.717, 1.165) is 18.4 Å². The summed E-state index contributed by atoms with van der Waals surface area (Å²) in [6.07, 6.45) is 2.14. The first kappa shape index (κ1) is 12.5. The third kappa shape index (κ3) is 2.86. The highest BCUT2D eigenvalue weighted by Gasteiger charge is 2.33. The number of hydrogen-bond donors (Lipinski definition) is 2. The maximum absolute atomic E-state index is 12.2. The van der Waals surface area contributed by atoms with Crippen molar-refractivity contribution in [2.24, 2.45) is 11.7 Å². The van der Waals surface area contributed by atoms with E-state index in [2.05, 4.69) is 4.72 Å². The Morgan fingerprint density at radius 3 is 2.59 bits per heavy atom. The fraction of sp³-hybridized carbons (Fsp3) is 0.500. The van der Waals surface area contributed by atoms with Crippen LogP contribution >= 0.6 is 0 Å². The van der Waals surface area contributed by atoms with Gasteiger partial charge in [-0.05, 0) is 37.3 Å². The predicted molar refractivity (Wildman–Crippen MR) is 67.1 cm³/mol. The number of aryl methyl sites for hydroxylation is 1. The van der Waals surface area contributed by atoms with Gasteiger partial charge < -0.3 is 5.73 Å². The smallest absolute Gasteiger partial charge is 0.241 e. The molecule has 1 saturated carbocycles. The summed E-state index contributed by atoms with van der Waals surface area (Å²) in [5.41, 5.74) is 6.37. The van der Waals surface area contributed by atoms with E-state index in [1.165, 1.54) is 0 Å². The first-order chi connectivity index (χ1) is 8.04. The van der Waals surface area contributed by atoms with E-state index in [0.29, 0.717) is 17.4 Å². The van der Waals surface area contributed by atoms with E-state index >= 15 is 0 Å².